The quantitative estimate of drug-likeness (QED) is 0.831. The van der Waals surface area contributed by atoms with Gasteiger partial charge in [0, 0.05) is 21.9 Å². The van der Waals surface area contributed by atoms with Crippen molar-refractivity contribution in [3.8, 4) is 0 Å². The summed E-state index contributed by atoms with van der Waals surface area (Å²) in [5.41, 5.74) is 1.27. The van der Waals surface area contributed by atoms with E-state index in [-0.39, 0.29) is 22.6 Å². The topological polar surface area (TPSA) is 63.6 Å². The zero-order valence-corrected chi connectivity index (χ0v) is 15.2. The molecular weight excluding hydrogens is 399 g/mol. The molecule has 0 saturated carbocycles. The molecule has 0 aromatic heterocycles. The third-order valence-electron chi connectivity index (χ3n) is 4.04. The summed E-state index contributed by atoms with van der Waals surface area (Å²) in [6, 6.07) is 12.1. The van der Waals surface area contributed by atoms with Crippen LogP contribution in [0.3, 0.4) is 0 Å². The Balaban J connectivity index is 2.03. The zero-order chi connectivity index (χ0) is 17.5. The molecule has 0 radical (unpaired) electrons. The molecule has 0 bridgehead atoms. The number of aliphatic hydroxyl groups excluding tert-OH is 1. The van der Waals surface area contributed by atoms with Gasteiger partial charge in [0.05, 0.1) is 11.5 Å². The molecule has 0 spiro atoms. The maximum atomic E-state index is 14.6. The fourth-order valence-corrected chi connectivity index (χ4v) is 4.45. The van der Waals surface area contributed by atoms with Gasteiger partial charge < -0.3 is 9.84 Å². The fraction of sp³-hybridized carbons (Fsp3) is 0.294. The van der Waals surface area contributed by atoms with Crippen LogP contribution in [0.2, 0.25) is 0 Å². The molecule has 2 aromatic carbocycles. The first-order valence-corrected chi connectivity index (χ1v) is 9.99. The van der Waals surface area contributed by atoms with Crippen molar-refractivity contribution >= 4 is 25.8 Å². The monoisotopic (exact) mass is 414 g/mol. The van der Waals surface area contributed by atoms with Crippen LogP contribution in [0.25, 0.3) is 0 Å². The number of hydrogen-bond acceptors (Lipinski definition) is 4. The van der Waals surface area contributed by atoms with Gasteiger partial charge in [-0.05, 0) is 17.7 Å². The number of alkyl halides is 1. The van der Waals surface area contributed by atoms with Crippen molar-refractivity contribution in [2.24, 2.45) is 0 Å². The molecule has 2 aromatic rings. The molecule has 3 rings (SSSR count). The van der Waals surface area contributed by atoms with E-state index in [1.165, 1.54) is 12.1 Å². The fourth-order valence-electron chi connectivity index (χ4n) is 2.93. The van der Waals surface area contributed by atoms with Crippen molar-refractivity contribution in [3.05, 3.63) is 63.6 Å². The van der Waals surface area contributed by atoms with Gasteiger partial charge in [-0.25, -0.2) is 12.8 Å². The van der Waals surface area contributed by atoms with Gasteiger partial charge in [0.25, 0.3) is 0 Å². The van der Waals surface area contributed by atoms with Gasteiger partial charge in [0.2, 0.25) is 0 Å². The van der Waals surface area contributed by atoms with Gasteiger partial charge in [-0.3, -0.25) is 0 Å². The molecule has 4 nitrogen and oxygen atoms in total. The number of ether oxygens (including phenoxy) is 1. The Morgan fingerprint density at radius 3 is 2.46 bits per heavy atom. The molecule has 128 valence electrons. The average Bonchev–Trinajstić information content (AvgIpc) is 2.78. The molecule has 0 amide bonds. The summed E-state index contributed by atoms with van der Waals surface area (Å²) < 4.78 is 44.9. The number of halogens is 2. The van der Waals surface area contributed by atoms with E-state index in [1.807, 2.05) is 30.3 Å². The minimum absolute atomic E-state index is 0.0158. The molecule has 0 unspecified atom stereocenters. The highest BCUT2D eigenvalue weighted by Crippen LogP contribution is 2.49. The van der Waals surface area contributed by atoms with Gasteiger partial charge in [-0.1, -0.05) is 46.3 Å². The van der Waals surface area contributed by atoms with Crippen molar-refractivity contribution in [2.45, 2.75) is 29.9 Å². The Labute approximate surface area is 148 Å². The molecule has 7 heteroatoms. The van der Waals surface area contributed by atoms with Crippen molar-refractivity contribution in [2.75, 3.05) is 6.26 Å². The van der Waals surface area contributed by atoms with E-state index in [2.05, 4.69) is 15.9 Å². The lowest BCUT2D eigenvalue weighted by molar-refractivity contribution is -0.0455. The first-order valence-electron chi connectivity index (χ1n) is 7.30. The van der Waals surface area contributed by atoms with Crippen LogP contribution in [0.5, 0.6) is 0 Å². The number of fused-ring (bicyclic) bond motifs is 1. The van der Waals surface area contributed by atoms with Crippen LogP contribution in [-0.2, 0) is 21.2 Å². The average molecular weight is 415 g/mol. The minimum Gasteiger partial charge on any atom is -0.385 e. The Hall–Kier alpha value is -1.28. The van der Waals surface area contributed by atoms with Gasteiger partial charge in [-0.15, -0.1) is 0 Å². The zero-order valence-electron chi connectivity index (χ0n) is 12.8. The van der Waals surface area contributed by atoms with Crippen molar-refractivity contribution in [1.29, 1.82) is 0 Å². The predicted octanol–water partition coefficient (Wildman–Crippen LogP) is 3.50. The first kappa shape index (κ1) is 17.5. The number of rotatable bonds is 4. The molecule has 1 aliphatic carbocycles. The number of hydrogen-bond donors (Lipinski definition) is 1. The van der Waals surface area contributed by atoms with Crippen LogP contribution in [-0.4, -0.2) is 26.0 Å². The summed E-state index contributed by atoms with van der Waals surface area (Å²) in [6.45, 7) is 0.119. The molecule has 0 aliphatic heterocycles. The standard InChI is InChI=1S/C17H16BrFO4S/c1-24(21,22)12-8-7-11(18)13-14(12)17(15(19)16(13)20)23-9-10-5-3-2-4-6-10/h2-8,15-17,20H,9H2,1H3/t15-,16+,17+/m1/s1. The van der Waals surface area contributed by atoms with Crippen LogP contribution in [0.4, 0.5) is 4.39 Å². The predicted molar refractivity (Wildman–Crippen MR) is 91.1 cm³/mol. The molecule has 1 N–H and O–H groups in total. The number of benzene rings is 2. The number of aliphatic hydroxyl groups is 1. The van der Waals surface area contributed by atoms with Crippen LogP contribution >= 0.6 is 15.9 Å². The maximum absolute atomic E-state index is 14.6. The molecular formula is C17H16BrFO4S. The molecule has 0 fully saturated rings. The summed E-state index contributed by atoms with van der Waals surface area (Å²) >= 11 is 3.26. The van der Waals surface area contributed by atoms with Crippen molar-refractivity contribution < 1.29 is 22.7 Å². The summed E-state index contributed by atoms with van der Waals surface area (Å²) in [7, 11) is -3.59. The van der Waals surface area contributed by atoms with E-state index in [1.54, 1.807) is 0 Å². The summed E-state index contributed by atoms with van der Waals surface area (Å²) in [5.74, 6) is 0. The van der Waals surface area contributed by atoms with E-state index < -0.39 is 28.2 Å². The highest BCUT2D eigenvalue weighted by atomic mass is 79.9. The molecule has 0 heterocycles. The largest absolute Gasteiger partial charge is 0.385 e. The van der Waals surface area contributed by atoms with E-state index in [4.69, 9.17) is 4.74 Å². The lowest BCUT2D eigenvalue weighted by Gasteiger charge is -2.18. The molecule has 3 atom stereocenters. The Bertz CT molecular complexity index is 854. The molecule has 1 aliphatic rings. The third-order valence-corrected chi connectivity index (χ3v) is 5.88. The number of sulfone groups is 1. The lowest BCUT2D eigenvalue weighted by atomic mass is 10.1. The lowest BCUT2D eigenvalue weighted by Crippen LogP contribution is -2.17. The highest BCUT2D eigenvalue weighted by Gasteiger charge is 2.45. The second-order valence-electron chi connectivity index (χ2n) is 5.75. The maximum Gasteiger partial charge on any atom is 0.175 e. The van der Waals surface area contributed by atoms with Crippen LogP contribution in [0.15, 0.2) is 51.8 Å². The van der Waals surface area contributed by atoms with Gasteiger partial charge in [0.15, 0.2) is 16.0 Å². The summed E-state index contributed by atoms with van der Waals surface area (Å²) in [4.78, 5) is -0.0158. The van der Waals surface area contributed by atoms with Crippen LogP contribution in [0.1, 0.15) is 28.9 Å². The Morgan fingerprint density at radius 1 is 1.17 bits per heavy atom. The van der Waals surface area contributed by atoms with E-state index >= 15 is 0 Å². The van der Waals surface area contributed by atoms with E-state index in [0.29, 0.717) is 4.47 Å². The van der Waals surface area contributed by atoms with Gasteiger partial charge in [0.1, 0.15) is 12.2 Å². The second-order valence-corrected chi connectivity index (χ2v) is 8.59. The van der Waals surface area contributed by atoms with Crippen LogP contribution in [0, 0.1) is 0 Å². The van der Waals surface area contributed by atoms with Crippen molar-refractivity contribution in [3.63, 3.8) is 0 Å². The van der Waals surface area contributed by atoms with E-state index in [0.717, 1.165) is 11.8 Å². The van der Waals surface area contributed by atoms with Crippen LogP contribution < -0.4 is 0 Å². The Morgan fingerprint density at radius 2 is 1.83 bits per heavy atom. The first-order chi connectivity index (χ1) is 11.3. The van der Waals surface area contributed by atoms with E-state index in [9.17, 15) is 17.9 Å². The minimum atomic E-state index is -3.59. The van der Waals surface area contributed by atoms with Crippen molar-refractivity contribution in [1.82, 2.24) is 0 Å². The molecule has 0 saturated heterocycles. The smallest absolute Gasteiger partial charge is 0.175 e. The van der Waals surface area contributed by atoms with Gasteiger partial charge in [-0.2, -0.15) is 0 Å². The van der Waals surface area contributed by atoms with Gasteiger partial charge >= 0.3 is 0 Å². The molecule has 24 heavy (non-hydrogen) atoms. The third kappa shape index (κ3) is 3.13. The normalized spacial score (nSPS) is 23.2. The Kier molecular flexibility index (Phi) is 4.79. The summed E-state index contributed by atoms with van der Waals surface area (Å²) in [5, 5.41) is 10.2. The SMILES string of the molecule is CS(=O)(=O)c1ccc(Br)c2c1[C@H](OCc1ccccc1)[C@H](F)[C@H]2O. The highest BCUT2D eigenvalue weighted by molar-refractivity contribution is 9.10. The summed E-state index contributed by atoms with van der Waals surface area (Å²) in [6.07, 6.45) is -3.25. The second kappa shape index (κ2) is 6.55.